The van der Waals surface area contributed by atoms with Crippen molar-refractivity contribution in [1.29, 1.82) is 0 Å². The molecule has 20 heavy (non-hydrogen) atoms. The van der Waals surface area contributed by atoms with Crippen LogP contribution in [0.5, 0.6) is 5.75 Å². The second kappa shape index (κ2) is 6.72. The molecule has 0 bridgehead atoms. The molecule has 1 aromatic carbocycles. The van der Waals surface area contributed by atoms with Crippen molar-refractivity contribution in [3.8, 4) is 5.75 Å². The highest BCUT2D eigenvalue weighted by molar-refractivity contribution is 8.00. The minimum absolute atomic E-state index is 0.282. The topological polar surface area (TPSA) is 51.0 Å². The lowest BCUT2D eigenvalue weighted by Gasteiger charge is -2.17. The third-order valence-electron chi connectivity index (χ3n) is 2.52. The van der Waals surface area contributed by atoms with Crippen LogP contribution in [0.4, 0.5) is 4.79 Å². The number of carbonyl (C=O) groups excluding carboxylic acids is 1. The summed E-state index contributed by atoms with van der Waals surface area (Å²) in [5.74, 6) is 0.443. The number of ether oxygens (including phenoxy) is 1. The molecule has 1 aromatic rings. The van der Waals surface area contributed by atoms with E-state index in [2.05, 4.69) is 9.98 Å². The number of amides is 1. The van der Waals surface area contributed by atoms with E-state index in [4.69, 9.17) is 16.3 Å². The molecule has 0 saturated carbocycles. The number of allylic oxidation sites excluding steroid dienone is 1. The summed E-state index contributed by atoms with van der Waals surface area (Å²) in [7, 11) is 0. The molecule has 1 amide bonds. The standard InChI is InChI=1S/C14H13ClN2O2S/c1-9-8-11(15)12(13(16-9)20-2)17-14(18)19-10-6-4-3-5-7-10/h3-8,13H,1-2H3. The Hall–Kier alpha value is -1.59. The monoisotopic (exact) mass is 308 g/mol. The Morgan fingerprint density at radius 2 is 2.10 bits per heavy atom. The van der Waals surface area contributed by atoms with Gasteiger partial charge in [-0.2, -0.15) is 4.99 Å². The van der Waals surface area contributed by atoms with Crippen LogP contribution in [0.15, 0.2) is 51.4 Å². The van der Waals surface area contributed by atoms with Crippen LogP contribution in [0.3, 0.4) is 0 Å². The van der Waals surface area contributed by atoms with Crippen molar-refractivity contribution in [2.24, 2.45) is 9.98 Å². The molecule has 1 aliphatic rings. The maximum Gasteiger partial charge on any atom is 0.439 e. The van der Waals surface area contributed by atoms with Gasteiger partial charge in [0.1, 0.15) is 16.8 Å². The van der Waals surface area contributed by atoms with E-state index in [1.807, 2.05) is 19.2 Å². The Bertz CT molecular complexity index is 596. The van der Waals surface area contributed by atoms with E-state index >= 15 is 0 Å². The second-order valence-corrected chi connectivity index (χ2v) is 5.35. The first-order valence-electron chi connectivity index (χ1n) is 5.90. The number of para-hydroxylation sites is 1. The van der Waals surface area contributed by atoms with Crippen molar-refractivity contribution in [3.05, 3.63) is 41.4 Å². The molecule has 6 heteroatoms. The number of halogens is 1. The number of dihydropyridines is 1. The minimum Gasteiger partial charge on any atom is -0.409 e. The number of aliphatic imine (C=N–C) groups is 2. The van der Waals surface area contributed by atoms with Gasteiger partial charge in [-0.3, -0.25) is 4.99 Å². The van der Waals surface area contributed by atoms with Crippen LogP contribution in [0.1, 0.15) is 6.92 Å². The van der Waals surface area contributed by atoms with Gasteiger partial charge >= 0.3 is 6.09 Å². The van der Waals surface area contributed by atoms with Crippen LogP contribution in [0, 0.1) is 0 Å². The number of nitrogens with zero attached hydrogens (tertiary/aromatic N) is 2. The average molecular weight is 309 g/mol. The summed E-state index contributed by atoms with van der Waals surface area (Å²) in [5.41, 5.74) is 1.23. The highest BCUT2D eigenvalue weighted by atomic mass is 35.5. The molecule has 0 aliphatic carbocycles. The molecule has 1 heterocycles. The molecule has 1 aliphatic heterocycles. The van der Waals surface area contributed by atoms with Crippen molar-refractivity contribution < 1.29 is 9.53 Å². The van der Waals surface area contributed by atoms with Gasteiger partial charge in [0, 0.05) is 5.71 Å². The van der Waals surface area contributed by atoms with Crippen molar-refractivity contribution >= 4 is 40.9 Å². The average Bonchev–Trinajstić information content (AvgIpc) is 2.42. The number of hydrogen-bond donors (Lipinski definition) is 0. The molecule has 1 atom stereocenters. The van der Waals surface area contributed by atoms with Crippen molar-refractivity contribution in [2.75, 3.05) is 6.26 Å². The molecule has 0 saturated heterocycles. The van der Waals surface area contributed by atoms with E-state index < -0.39 is 6.09 Å². The van der Waals surface area contributed by atoms with Crippen LogP contribution >= 0.6 is 23.4 Å². The summed E-state index contributed by atoms with van der Waals surface area (Å²) in [6, 6.07) is 8.77. The fourth-order valence-electron chi connectivity index (χ4n) is 1.64. The summed E-state index contributed by atoms with van der Waals surface area (Å²) >= 11 is 7.58. The molecule has 0 aromatic heterocycles. The number of rotatable bonds is 2. The lowest BCUT2D eigenvalue weighted by Crippen LogP contribution is -2.23. The fraction of sp³-hybridized carbons (Fsp3) is 0.214. The number of thioether (sulfide) groups is 1. The first kappa shape index (κ1) is 14.8. The fourth-order valence-corrected chi connectivity index (χ4v) is 2.68. The summed E-state index contributed by atoms with van der Waals surface area (Å²) in [5, 5.41) is 0.137. The SMILES string of the molecule is CSC1N=C(C)C=C(Cl)C1=NC(=O)Oc1ccccc1. The van der Waals surface area contributed by atoms with E-state index in [1.54, 1.807) is 30.3 Å². The van der Waals surface area contributed by atoms with Gasteiger partial charge in [0.05, 0.1) is 5.03 Å². The summed E-state index contributed by atoms with van der Waals surface area (Å²) in [4.78, 5) is 20.1. The highest BCUT2D eigenvalue weighted by Crippen LogP contribution is 2.23. The predicted molar refractivity (Wildman–Crippen MR) is 84.2 cm³/mol. The molecule has 2 rings (SSSR count). The largest absolute Gasteiger partial charge is 0.439 e. The number of benzene rings is 1. The smallest absolute Gasteiger partial charge is 0.409 e. The molecule has 0 radical (unpaired) electrons. The molecule has 1 unspecified atom stereocenters. The second-order valence-electron chi connectivity index (χ2n) is 4.03. The Morgan fingerprint density at radius 1 is 1.40 bits per heavy atom. The van der Waals surface area contributed by atoms with E-state index in [-0.39, 0.29) is 5.37 Å². The van der Waals surface area contributed by atoms with Crippen molar-refractivity contribution in [3.63, 3.8) is 0 Å². The normalized spacial score (nSPS) is 20.4. The van der Waals surface area contributed by atoms with E-state index in [0.29, 0.717) is 16.5 Å². The van der Waals surface area contributed by atoms with Gasteiger partial charge in [0.25, 0.3) is 0 Å². The van der Waals surface area contributed by atoms with Gasteiger partial charge in [0.15, 0.2) is 0 Å². The van der Waals surface area contributed by atoms with Crippen LogP contribution in [0.25, 0.3) is 0 Å². The zero-order valence-corrected chi connectivity index (χ0v) is 12.6. The summed E-state index contributed by atoms with van der Waals surface area (Å²) in [6.45, 7) is 1.85. The number of hydrogen-bond acceptors (Lipinski definition) is 4. The molecular weight excluding hydrogens is 296 g/mol. The van der Waals surface area contributed by atoms with Gasteiger partial charge in [-0.1, -0.05) is 29.8 Å². The lowest BCUT2D eigenvalue weighted by atomic mass is 10.2. The molecule has 0 fully saturated rings. The van der Waals surface area contributed by atoms with Crippen molar-refractivity contribution in [2.45, 2.75) is 12.3 Å². The van der Waals surface area contributed by atoms with Gasteiger partial charge in [-0.05, 0) is 31.4 Å². The highest BCUT2D eigenvalue weighted by Gasteiger charge is 2.23. The molecule has 0 N–H and O–H groups in total. The van der Waals surface area contributed by atoms with E-state index in [0.717, 1.165) is 5.71 Å². The van der Waals surface area contributed by atoms with Crippen LogP contribution in [0.2, 0.25) is 0 Å². The Balaban J connectivity index is 2.17. The first-order valence-corrected chi connectivity index (χ1v) is 7.57. The summed E-state index contributed by atoms with van der Waals surface area (Å²) < 4.78 is 5.12. The van der Waals surface area contributed by atoms with Crippen LogP contribution in [-0.2, 0) is 0 Å². The third-order valence-corrected chi connectivity index (χ3v) is 3.60. The Labute approximate surface area is 126 Å². The van der Waals surface area contributed by atoms with Crippen LogP contribution in [-0.4, -0.2) is 29.1 Å². The molecule has 4 nitrogen and oxygen atoms in total. The van der Waals surface area contributed by atoms with Gasteiger partial charge in [-0.15, -0.1) is 11.8 Å². The van der Waals surface area contributed by atoms with Crippen LogP contribution < -0.4 is 4.74 Å². The predicted octanol–water partition coefficient (Wildman–Crippen LogP) is 3.91. The lowest BCUT2D eigenvalue weighted by molar-refractivity contribution is 0.211. The molecule has 0 spiro atoms. The Kier molecular flexibility index (Phi) is 4.98. The maximum absolute atomic E-state index is 11.8. The molecule has 104 valence electrons. The van der Waals surface area contributed by atoms with Gasteiger partial charge < -0.3 is 4.74 Å². The van der Waals surface area contributed by atoms with Crippen molar-refractivity contribution in [1.82, 2.24) is 0 Å². The van der Waals surface area contributed by atoms with E-state index in [9.17, 15) is 4.79 Å². The van der Waals surface area contributed by atoms with Gasteiger partial charge in [-0.25, -0.2) is 4.79 Å². The first-order chi connectivity index (χ1) is 9.60. The molecular formula is C14H13ClN2O2S. The third kappa shape index (κ3) is 3.71. The maximum atomic E-state index is 11.8. The zero-order chi connectivity index (χ0) is 14.5. The minimum atomic E-state index is -0.702. The Morgan fingerprint density at radius 3 is 2.75 bits per heavy atom. The van der Waals surface area contributed by atoms with Gasteiger partial charge in [0.2, 0.25) is 0 Å². The zero-order valence-electron chi connectivity index (χ0n) is 11.0. The summed E-state index contributed by atoms with van der Waals surface area (Å²) in [6.07, 6.45) is 2.87. The quantitative estimate of drug-likeness (QED) is 0.832. The number of carbonyl (C=O) groups is 1. The van der Waals surface area contributed by atoms with E-state index in [1.165, 1.54) is 11.8 Å².